The van der Waals surface area contributed by atoms with Gasteiger partial charge in [-0.3, -0.25) is 4.79 Å². The van der Waals surface area contributed by atoms with Crippen LogP contribution in [-0.2, 0) is 17.6 Å². The summed E-state index contributed by atoms with van der Waals surface area (Å²) in [6.07, 6.45) is 3.54. The molecule has 114 valence electrons. The van der Waals surface area contributed by atoms with Crippen LogP contribution in [0.2, 0.25) is 0 Å². The lowest BCUT2D eigenvalue weighted by Crippen LogP contribution is -2.21. The highest BCUT2D eigenvalue weighted by atomic mass is 16.5. The molecule has 4 heteroatoms. The zero-order chi connectivity index (χ0) is 15.4. The number of anilines is 2. The van der Waals surface area contributed by atoms with E-state index in [1.807, 2.05) is 24.3 Å². The van der Waals surface area contributed by atoms with E-state index in [4.69, 9.17) is 4.74 Å². The Morgan fingerprint density at radius 1 is 1.09 bits per heavy atom. The van der Waals surface area contributed by atoms with E-state index in [1.165, 1.54) is 24.0 Å². The third-order valence-electron chi connectivity index (χ3n) is 3.91. The highest BCUT2D eigenvalue weighted by Crippen LogP contribution is 2.24. The Balaban J connectivity index is 1.56. The number of aryl methyl sites for hydroxylation is 2. The van der Waals surface area contributed by atoms with Crippen molar-refractivity contribution in [2.75, 3.05) is 24.3 Å². The van der Waals surface area contributed by atoms with Crippen LogP contribution in [-0.4, -0.2) is 19.6 Å². The molecule has 2 aromatic rings. The lowest BCUT2D eigenvalue weighted by molar-refractivity contribution is -0.114. The van der Waals surface area contributed by atoms with Crippen molar-refractivity contribution in [3.63, 3.8) is 0 Å². The molecule has 0 saturated heterocycles. The summed E-state index contributed by atoms with van der Waals surface area (Å²) < 4.78 is 5.14. The number of hydrogen-bond donors (Lipinski definition) is 2. The maximum atomic E-state index is 12.0. The first-order chi connectivity index (χ1) is 10.7. The summed E-state index contributed by atoms with van der Waals surface area (Å²) in [5.41, 5.74) is 4.58. The van der Waals surface area contributed by atoms with Gasteiger partial charge in [0.25, 0.3) is 0 Å². The van der Waals surface area contributed by atoms with Crippen LogP contribution >= 0.6 is 0 Å². The third kappa shape index (κ3) is 3.39. The van der Waals surface area contributed by atoms with E-state index >= 15 is 0 Å². The van der Waals surface area contributed by atoms with Crippen molar-refractivity contribution >= 4 is 17.3 Å². The average molecular weight is 296 g/mol. The molecule has 3 rings (SSSR count). The molecule has 2 aromatic carbocycles. The lowest BCUT2D eigenvalue weighted by atomic mass is 10.1. The van der Waals surface area contributed by atoms with Crippen LogP contribution in [0.15, 0.2) is 42.5 Å². The number of rotatable bonds is 5. The lowest BCUT2D eigenvalue weighted by Gasteiger charge is -2.10. The first kappa shape index (κ1) is 14.4. The molecule has 0 bridgehead atoms. The van der Waals surface area contributed by atoms with Gasteiger partial charge in [0.15, 0.2) is 0 Å². The highest BCUT2D eigenvalue weighted by Gasteiger charge is 2.11. The molecule has 4 nitrogen and oxygen atoms in total. The summed E-state index contributed by atoms with van der Waals surface area (Å²) in [6.45, 7) is 0.246. The van der Waals surface area contributed by atoms with Gasteiger partial charge in [0.2, 0.25) is 5.91 Å². The molecule has 0 aliphatic heterocycles. The number of benzene rings is 2. The van der Waals surface area contributed by atoms with Crippen LogP contribution in [0.5, 0.6) is 5.75 Å². The van der Waals surface area contributed by atoms with Gasteiger partial charge in [-0.15, -0.1) is 0 Å². The number of carbonyl (C=O) groups excluding carboxylic acids is 1. The van der Waals surface area contributed by atoms with Crippen molar-refractivity contribution in [1.29, 1.82) is 0 Å². The standard InChI is InChI=1S/C18H20N2O2/c1-22-17-7-3-6-16(11-17)20-18(21)12-19-15-9-8-13-4-2-5-14(13)10-15/h3,6-11,19H,2,4-5,12H2,1H3,(H,20,21). The zero-order valence-electron chi connectivity index (χ0n) is 12.7. The fraction of sp³-hybridized carbons (Fsp3) is 0.278. The average Bonchev–Trinajstić information content (AvgIpc) is 3.00. The van der Waals surface area contributed by atoms with Crippen LogP contribution in [0.4, 0.5) is 11.4 Å². The van der Waals surface area contributed by atoms with E-state index < -0.39 is 0 Å². The quantitative estimate of drug-likeness (QED) is 0.890. The third-order valence-corrected chi connectivity index (χ3v) is 3.91. The van der Waals surface area contributed by atoms with Gasteiger partial charge in [-0.1, -0.05) is 12.1 Å². The zero-order valence-corrected chi connectivity index (χ0v) is 12.7. The summed E-state index contributed by atoms with van der Waals surface area (Å²) in [7, 11) is 1.61. The molecule has 2 N–H and O–H groups in total. The molecular formula is C18H20N2O2. The SMILES string of the molecule is COc1cccc(NC(=O)CNc2ccc3c(c2)CCC3)c1. The highest BCUT2D eigenvalue weighted by molar-refractivity contribution is 5.93. The van der Waals surface area contributed by atoms with Gasteiger partial charge in [0.1, 0.15) is 5.75 Å². The fourth-order valence-electron chi connectivity index (χ4n) is 2.77. The van der Waals surface area contributed by atoms with Crippen LogP contribution in [0.3, 0.4) is 0 Å². The van der Waals surface area contributed by atoms with E-state index in [-0.39, 0.29) is 12.5 Å². The van der Waals surface area contributed by atoms with Crippen molar-refractivity contribution < 1.29 is 9.53 Å². The predicted molar refractivity (Wildman–Crippen MR) is 88.6 cm³/mol. The van der Waals surface area contributed by atoms with Crippen molar-refractivity contribution in [2.24, 2.45) is 0 Å². The number of fused-ring (bicyclic) bond motifs is 1. The van der Waals surface area contributed by atoms with Gasteiger partial charge in [-0.05, 0) is 54.7 Å². The topological polar surface area (TPSA) is 50.4 Å². The second kappa shape index (κ2) is 6.52. The van der Waals surface area contributed by atoms with Gasteiger partial charge in [-0.2, -0.15) is 0 Å². The molecule has 0 fully saturated rings. The molecule has 0 radical (unpaired) electrons. The van der Waals surface area contributed by atoms with E-state index in [0.717, 1.165) is 23.5 Å². The number of ether oxygens (including phenoxy) is 1. The van der Waals surface area contributed by atoms with Crippen molar-refractivity contribution in [3.8, 4) is 5.75 Å². The molecule has 1 aliphatic rings. The molecule has 22 heavy (non-hydrogen) atoms. The molecule has 0 spiro atoms. The van der Waals surface area contributed by atoms with Crippen molar-refractivity contribution in [2.45, 2.75) is 19.3 Å². The summed E-state index contributed by atoms with van der Waals surface area (Å²) in [5, 5.41) is 6.04. The first-order valence-corrected chi connectivity index (χ1v) is 7.54. The number of amides is 1. The Labute approximate surface area is 130 Å². The number of hydrogen-bond acceptors (Lipinski definition) is 3. The minimum atomic E-state index is -0.0752. The summed E-state index contributed by atoms with van der Waals surface area (Å²) in [5.74, 6) is 0.651. The Morgan fingerprint density at radius 2 is 1.95 bits per heavy atom. The Bertz CT molecular complexity index is 683. The molecular weight excluding hydrogens is 276 g/mol. The number of carbonyl (C=O) groups is 1. The maximum Gasteiger partial charge on any atom is 0.243 e. The molecule has 0 heterocycles. The maximum absolute atomic E-state index is 12.0. The summed E-state index contributed by atoms with van der Waals surface area (Å²) >= 11 is 0. The summed E-state index contributed by atoms with van der Waals surface area (Å²) in [6, 6.07) is 13.7. The van der Waals surface area contributed by atoms with Crippen LogP contribution in [0.1, 0.15) is 17.5 Å². The number of methoxy groups -OCH3 is 1. The summed E-state index contributed by atoms with van der Waals surface area (Å²) in [4.78, 5) is 12.0. The normalized spacial score (nSPS) is 12.6. The first-order valence-electron chi connectivity index (χ1n) is 7.54. The minimum absolute atomic E-state index is 0.0752. The van der Waals surface area contributed by atoms with Gasteiger partial charge in [0, 0.05) is 17.4 Å². The largest absolute Gasteiger partial charge is 0.497 e. The Morgan fingerprint density at radius 3 is 2.82 bits per heavy atom. The molecule has 1 amide bonds. The monoisotopic (exact) mass is 296 g/mol. The van der Waals surface area contributed by atoms with Crippen LogP contribution in [0.25, 0.3) is 0 Å². The fourth-order valence-corrected chi connectivity index (χ4v) is 2.77. The van der Waals surface area contributed by atoms with Crippen molar-refractivity contribution in [3.05, 3.63) is 53.6 Å². The second-order valence-corrected chi connectivity index (χ2v) is 5.47. The number of nitrogens with one attached hydrogen (secondary N) is 2. The molecule has 0 atom stereocenters. The van der Waals surface area contributed by atoms with E-state index in [2.05, 4.69) is 22.8 Å². The van der Waals surface area contributed by atoms with Gasteiger partial charge in [-0.25, -0.2) is 0 Å². The van der Waals surface area contributed by atoms with E-state index in [9.17, 15) is 4.79 Å². The van der Waals surface area contributed by atoms with Gasteiger partial charge in [0.05, 0.1) is 13.7 Å². The minimum Gasteiger partial charge on any atom is -0.497 e. The smallest absolute Gasteiger partial charge is 0.243 e. The molecule has 0 saturated carbocycles. The molecule has 0 aromatic heterocycles. The van der Waals surface area contributed by atoms with Gasteiger partial charge < -0.3 is 15.4 Å². The van der Waals surface area contributed by atoms with Crippen LogP contribution < -0.4 is 15.4 Å². The molecule has 0 unspecified atom stereocenters. The van der Waals surface area contributed by atoms with E-state index in [0.29, 0.717) is 0 Å². The predicted octanol–water partition coefficient (Wildman–Crippen LogP) is 3.23. The van der Waals surface area contributed by atoms with E-state index in [1.54, 1.807) is 13.2 Å². The second-order valence-electron chi connectivity index (χ2n) is 5.47. The van der Waals surface area contributed by atoms with Crippen molar-refractivity contribution in [1.82, 2.24) is 0 Å². The van der Waals surface area contributed by atoms with Gasteiger partial charge >= 0.3 is 0 Å². The Kier molecular flexibility index (Phi) is 4.28. The Hall–Kier alpha value is -2.49. The van der Waals surface area contributed by atoms with Crippen LogP contribution in [0, 0.1) is 0 Å². The molecule has 1 aliphatic carbocycles.